The molecule has 3 aromatic carbocycles. The fourth-order valence-corrected chi connectivity index (χ4v) is 4.82. The van der Waals surface area contributed by atoms with Crippen LogP contribution in [0.2, 0.25) is 0 Å². The van der Waals surface area contributed by atoms with Gasteiger partial charge in [0.1, 0.15) is 26.9 Å². The molecule has 0 saturated carbocycles. The molecule has 1 amide bonds. The first-order chi connectivity index (χ1) is 18.9. The molecule has 9 heteroatoms. The summed E-state index contributed by atoms with van der Waals surface area (Å²) in [4.78, 5) is 29.9. The van der Waals surface area contributed by atoms with Gasteiger partial charge < -0.3 is 19.7 Å². The molecule has 0 unspecified atom stereocenters. The molecule has 0 bridgehead atoms. The Kier molecular flexibility index (Phi) is 7.51. The van der Waals surface area contributed by atoms with Gasteiger partial charge in [0.15, 0.2) is 5.82 Å². The van der Waals surface area contributed by atoms with Crippen LogP contribution in [0, 0.1) is 0 Å². The molecule has 8 nitrogen and oxygen atoms in total. The Balaban J connectivity index is 1.49. The maximum atomic E-state index is 12.8. The number of carbonyl (C=O) groups is 1. The van der Waals surface area contributed by atoms with Crippen LogP contribution in [0.4, 0.5) is 11.4 Å². The molecule has 0 atom stereocenters. The Morgan fingerprint density at radius 1 is 0.821 bits per heavy atom. The Labute approximate surface area is 230 Å². The number of nitrogens with one attached hydrogen (secondary N) is 1. The number of aromatic nitrogens is 3. The van der Waals surface area contributed by atoms with Crippen molar-refractivity contribution in [1.29, 1.82) is 0 Å². The molecular weight excluding hydrogens is 510 g/mol. The van der Waals surface area contributed by atoms with E-state index in [9.17, 15) is 4.79 Å². The summed E-state index contributed by atoms with van der Waals surface area (Å²) in [6, 6.07) is 22.9. The maximum absolute atomic E-state index is 12.8. The maximum Gasteiger partial charge on any atom is 0.248 e. The van der Waals surface area contributed by atoms with Crippen LogP contribution in [0.25, 0.3) is 38.4 Å². The van der Waals surface area contributed by atoms with Gasteiger partial charge in [-0.05, 0) is 78.9 Å². The first-order valence-electron chi connectivity index (χ1n) is 12.2. The molecule has 0 aliphatic rings. The van der Waals surface area contributed by atoms with Crippen molar-refractivity contribution in [3.8, 4) is 33.5 Å². The third kappa shape index (κ3) is 5.89. The minimum absolute atomic E-state index is 0.268. The van der Waals surface area contributed by atoms with E-state index in [1.165, 1.54) is 17.4 Å². The van der Waals surface area contributed by atoms with Crippen molar-refractivity contribution in [2.45, 2.75) is 0 Å². The lowest BCUT2D eigenvalue weighted by Gasteiger charge is -2.12. The number of rotatable bonds is 8. The first kappa shape index (κ1) is 25.9. The van der Waals surface area contributed by atoms with Crippen LogP contribution in [0.3, 0.4) is 0 Å². The predicted molar refractivity (Wildman–Crippen MR) is 158 cm³/mol. The summed E-state index contributed by atoms with van der Waals surface area (Å²) in [5.41, 5.74) is 4.71. The molecule has 1 N–H and O–H groups in total. The van der Waals surface area contributed by atoms with E-state index in [1.54, 1.807) is 20.3 Å². The lowest BCUT2D eigenvalue weighted by molar-refractivity contribution is -0.111. The molecule has 0 spiro atoms. The van der Waals surface area contributed by atoms with E-state index in [1.807, 2.05) is 91.8 Å². The average molecular weight is 538 g/mol. The van der Waals surface area contributed by atoms with Crippen LogP contribution in [0.1, 0.15) is 5.69 Å². The first-order valence-corrected chi connectivity index (χ1v) is 13.0. The number of ether oxygens (including phenoxy) is 2. The number of anilines is 2. The Morgan fingerprint density at radius 2 is 1.44 bits per heavy atom. The number of thiazole rings is 1. The predicted octanol–water partition coefficient (Wildman–Crippen LogP) is 6.16. The number of hydrogen-bond acceptors (Lipinski definition) is 8. The van der Waals surface area contributed by atoms with Gasteiger partial charge in [0.25, 0.3) is 0 Å². The third-order valence-corrected chi connectivity index (χ3v) is 7.01. The van der Waals surface area contributed by atoms with E-state index < -0.39 is 0 Å². The summed E-state index contributed by atoms with van der Waals surface area (Å²) >= 11 is 1.47. The number of methoxy groups -OCH3 is 2. The van der Waals surface area contributed by atoms with Crippen molar-refractivity contribution in [3.05, 3.63) is 84.6 Å². The van der Waals surface area contributed by atoms with Crippen LogP contribution in [0.15, 0.2) is 78.9 Å². The number of benzene rings is 3. The van der Waals surface area contributed by atoms with Gasteiger partial charge >= 0.3 is 0 Å². The van der Waals surface area contributed by atoms with E-state index in [0.29, 0.717) is 22.7 Å². The molecule has 0 aliphatic heterocycles. The van der Waals surface area contributed by atoms with Gasteiger partial charge in [0, 0.05) is 42.7 Å². The third-order valence-electron chi connectivity index (χ3n) is 6.01. The van der Waals surface area contributed by atoms with E-state index in [2.05, 4.69) is 5.32 Å². The van der Waals surface area contributed by atoms with Gasteiger partial charge in [-0.25, -0.2) is 15.0 Å². The molecule has 0 aliphatic carbocycles. The van der Waals surface area contributed by atoms with Crippen molar-refractivity contribution >= 4 is 45.0 Å². The smallest absolute Gasteiger partial charge is 0.248 e. The zero-order valence-corrected chi connectivity index (χ0v) is 22.8. The highest BCUT2D eigenvalue weighted by molar-refractivity contribution is 7.21. The molecule has 5 rings (SSSR count). The van der Waals surface area contributed by atoms with Crippen molar-refractivity contribution in [3.63, 3.8) is 0 Å². The van der Waals surface area contributed by atoms with Crippen molar-refractivity contribution < 1.29 is 14.3 Å². The van der Waals surface area contributed by atoms with E-state index >= 15 is 0 Å². The van der Waals surface area contributed by atoms with Crippen LogP contribution in [-0.4, -0.2) is 49.2 Å². The lowest BCUT2D eigenvalue weighted by atomic mass is 10.2. The fraction of sp³-hybridized carbons (Fsp3) is 0.133. The Morgan fingerprint density at radius 3 is 2.03 bits per heavy atom. The molecule has 0 fully saturated rings. The molecule has 5 aromatic rings. The molecule has 196 valence electrons. The number of fused-ring (bicyclic) bond motifs is 1. The second kappa shape index (κ2) is 11.3. The summed E-state index contributed by atoms with van der Waals surface area (Å²) < 4.78 is 10.6. The molecular formula is C30H27N5O3S. The van der Waals surface area contributed by atoms with Gasteiger partial charge in [-0.1, -0.05) is 11.3 Å². The highest BCUT2D eigenvalue weighted by Gasteiger charge is 2.15. The van der Waals surface area contributed by atoms with Crippen molar-refractivity contribution in [2.24, 2.45) is 0 Å². The zero-order valence-electron chi connectivity index (χ0n) is 22.0. The Hall–Kier alpha value is -4.76. The quantitative estimate of drug-likeness (QED) is 0.237. The van der Waals surface area contributed by atoms with Gasteiger partial charge in [-0.2, -0.15) is 0 Å². The lowest BCUT2D eigenvalue weighted by Crippen LogP contribution is -2.10. The van der Waals surface area contributed by atoms with Crippen LogP contribution >= 0.6 is 11.3 Å². The topological polar surface area (TPSA) is 89.5 Å². The van der Waals surface area contributed by atoms with E-state index in [4.69, 9.17) is 24.4 Å². The van der Waals surface area contributed by atoms with Crippen LogP contribution in [-0.2, 0) is 4.79 Å². The van der Waals surface area contributed by atoms with Gasteiger partial charge in [-0.15, -0.1) is 0 Å². The largest absolute Gasteiger partial charge is 0.497 e. The standard InChI is InChI=1S/C30H27N5O3S/c1-35(2)22-11-9-21(10-12-22)31-26(36)18-17-25-27-30(34-28(32-25)19-5-13-23(37-3)14-6-19)39-29(33-27)20-7-15-24(38-4)16-8-20/h5-18H,1-4H3,(H,31,36)/b18-17+. The Bertz CT molecular complexity index is 1630. The summed E-state index contributed by atoms with van der Waals surface area (Å²) in [7, 11) is 7.20. The SMILES string of the molecule is COc1ccc(-c2nc(/C=C/C(=O)Nc3ccc(N(C)C)cc3)c3nc(-c4ccc(OC)cc4)sc3n2)cc1. The van der Waals surface area contributed by atoms with E-state index in [-0.39, 0.29) is 5.91 Å². The van der Waals surface area contributed by atoms with Gasteiger partial charge in [0.2, 0.25) is 5.91 Å². The minimum Gasteiger partial charge on any atom is -0.497 e. The number of hydrogen-bond donors (Lipinski definition) is 1. The summed E-state index contributed by atoms with van der Waals surface area (Å²) in [5.74, 6) is 1.78. The molecule has 2 aromatic heterocycles. The van der Waals surface area contributed by atoms with E-state index in [0.717, 1.165) is 38.2 Å². The highest BCUT2D eigenvalue weighted by Crippen LogP contribution is 2.33. The monoisotopic (exact) mass is 537 g/mol. The van der Waals surface area contributed by atoms with Gasteiger partial charge in [0.05, 0.1) is 19.9 Å². The summed E-state index contributed by atoms with van der Waals surface area (Å²) in [5, 5.41) is 3.70. The fourth-order valence-electron chi connectivity index (χ4n) is 3.87. The number of amides is 1. The second-order valence-corrected chi connectivity index (χ2v) is 9.80. The molecule has 2 heterocycles. The molecule has 0 saturated heterocycles. The minimum atomic E-state index is -0.268. The van der Waals surface area contributed by atoms with Crippen molar-refractivity contribution in [1.82, 2.24) is 15.0 Å². The molecule has 0 radical (unpaired) electrons. The summed E-state index contributed by atoms with van der Waals surface area (Å²) in [6.45, 7) is 0. The molecule has 39 heavy (non-hydrogen) atoms. The number of carbonyl (C=O) groups excluding carboxylic acids is 1. The highest BCUT2D eigenvalue weighted by atomic mass is 32.1. The van der Waals surface area contributed by atoms with Crippen molar-refractivity contribution in [2.75, 3.05) is 38.5 Å². The zero-order chi connectivity index (χ0) is 27.4. The second-order valence-electron chi connectivity index (χ2n) is 8.83. The summed E-state index contributed by atoms with van der Waals surface area (Å²) in [6.07, 6.45) is 3.14. The number of nitrogens with zero attached hydrogens (tertiary/aromatic N) is 4. The van der Waals surface area contributed by atoms with Gasteiger partial charge in [-0.3, -0.25) is 4.79 Å². The normalized spacial score (nSPS) is 11.1. The van der Waals surface area contributed by atoms with Crippen LogP contribution < -0.4 is 19.7 Å². The average Bonchev–Trinajstić information content (AvgIpc) is 3.41. The van der Waals surface area contributed by atoms with Crippen LogP contribution in [0.5, 0.6) is 11.5 Å².